The smallest absolute Gasteiger partial charge is 0.127 e. The first-order valence-electron chi connectivity index (χ1n) is 7.38. The maximum absolute atomic E-state index is 6.33. The van der Waals surface area contributed by atoms with Crippen LogP contribution in [0.4, 0.5) is 0 Å². The minimum atomic E-state index is -0.0922. The standard InChI is InChI=1S/C16H21ClN2O/c1-11-6-5-8-14-15(11)18-16(12(2)17)19(14)10-13-7-3-4-9-20-13/h5-6,8,12-13H,3-4,7,9-10H2,1-2H3. The van der Waals surface area contributed by atoms with Crippen molar-refractivity contribution in [3.05, 3.63) is 29.6 Å². The molecule has 1 fully saturated rings. The fourth-order valence-electron chi connectivity index (χ4n) is 2.96. The van der Waals surface area contributed by atoms with E-state index in [1.807, 2.05) is 6.92 Å². The summed E-state index contributed by atoms with van der Waals surface area (Å²) < 4.78 is 8.12. The molecule has 1 saturated heterocycles. The predicted molar refractivity (Wildman–Crippen MR) is 82.3 cm³/mol. The average molecular weight is 293 g/mol. The molecule has 20 heavy (non-hydrogen) atoms. The van der Waals surface area contributed by atoms with Crippen LogP contribution in [0.3, 0.4) is 0 Å². The fourth-order valence-corrected chi connectivity index (χ4v) is 3.12. The molecule has 108 valence electrons. The highest BCUT2D eigenvalue weighted by Crippen LogP contribution is 2.28. The van der Waals surface area contributed by atoms with Gasteiger partial charge < -0.3 is 9.30 Å². The first kappa shape index (κ1) is 13.9. The van der Waals surface area contributed by atoms with Crippen molar-refractivity contribution in [1.82, 2.24) is 9.55 Å². The number of para-hydroxylation sites is 1. The summed E-state index contributed by atoms with van der Waals surface area (Å²) >= 11 is 6.33. The number of aryl methyl sites for hydroxylation is 1. The topological polar surface area (TPSA) is 27.1 Å². The molecule has 0 spiro atoms. The van der Waals surface area contributed by atoms with Crippen LogP contribution in [0.1, 0.15) is 43.0 Å². The van der Waals surface area contributed by atoms with E-state index in [9.17, 15) is 0 Å². The van der Waals surface area contributed by atoms with Crippen molar-refractivity contribution in [2.24, 2.45) is 0 Å². The van der Waals surface area contributed by atoms with E-state index in [1.54, 1.807) is 0 Å². The minimum Gasteiger partial charge on any atom is -0.376 e. The SMILES string of the molecule is Cc1cccc2c1nc(C(C)Cl)n2CC1CCCCO1. The number of rotatable bonds is 3. The van der Waals surface area contributed by atoms with E-state index in [2.05, 4.69) is 29.7 Å². The molecule has 1 aliphatic rings. The van der Waals surface area contributed by atoms with Gasteiger partial charge in [-0.2, -0.15) is 0 Å². The van der Waals surface area contributed by atoms with Gasteiger partial charge in [0, 0.05) is 6.61 Å². The van der Waals surface area contributed by atoms with Gasteiger partial charge in [-0.15, -0.1) is 11.6 Å². The van der Waals surface area contributed by atoms with Gasteiger partial charge in [-0.1, -0.05) is 12.1 Å². The lowest BCUT2D eigenvalue weighted by Gasteiger charge is -2.24. The Bertz CT molecular complexity index is 600. The summed E-state index contributed by atoms with van der Waals surface area (Å²) in [5.41, 5.74) is 3.43. The van der Waals surface area contributed by atoms with E-state index in [0.717, 1.165) is 30.9 Å². The van der Waals surface area contributed by atoms with Crippen LogP contribution in [0.2, 0.25) is 0 Å². The number of halogens is 1. The number of nitrogens with zero attached hydrogens (tertiary/aromatic N) is 2. The van der Waals surface area contributed by atoms with Gasteiger partial charge in [0.1, 0.15) is 5.82 Å². The summed E-state index contributed by atoms with van der Waals surface area (Å²) in [6.07, 6.45) is 3.85. The quantitative estimate of drug-likeness (QED) is 0.792. The van der Waals surface area contributed by atoms with Gasteiger partial charge in [0.15, 0.2) is 0 Å². The van der Waals surface area contributed by atoms with Crippen LogP contribution >= 0.6 is 11.6 Å². The number of alkyl halides is 1. The lowest BCUT2D eigenvalue weighted by atomic mass is 10.1. The highest BCUT2D eigenvalue weighted by molar-refractivity contribution is 6.20. The molecular formula is C16H21ClN2O. The van der Waals surface area contributed by atoms with E-state index >= 15 is 0 Å². The van der Waals surface area contributed by atoms with Crippen LogP contribution in [0, 0.1) is 6.92 Å². The molecule has 4 heteroatoms. The first-order valence-corrected chi connectivity index (χ1v) is 7.82. The zero-order chi connectivity index (χ0) is 14.1. The molecule has 1 aromatic carbocycles. The molecule has 1 aliphatic heterocycles. The van der Waals surface area contributed by atoms with Gasteiger partial charge >= 0.3 is 0 Å². The monoisotopic (exact) mass is 292 g/mol. The Morgan fingerprint density at radius 3 is 3.00 bits per heavy atom. The van der Waals surface area contributed by atoms with Gasteiger partial charge in [-0.25, -0.2) is 4.98 Å². The van der Waals surface area contributed by atoms with Crippen molar-refractivity contribution < 1.29 is 4.74 Å². The normalized spacial score (nSPS) is 21.2. The number of ether oxygens (including phenoxy) is 1. The van der Waals surface area contributed by atoms with Crippen LogP contribution in [0.5, 0.6) is 0 Å². The summed E-state index contributed by atoms with van der Waals surface area (Å²) in [5.74, 6) is 0.949. The van der Waals surface area contributed by atoms with Crippen molar-refractivity contribution in [1.29, 1.82) is 0 Å². The van der Waals surface area contributed by atoms with E-state index in [0.29, 0.717) is 0 Å². The molecule has 0 saturated carbocycles. The summed E-state index contributed by atoms with van der Waals surface area (Å²) in [4.78, 5) is 4.75. The molecule has 0 N–H and O–H groups in total. The molecule has 0 amide bonds. The van der Waals surface area contributed by atoms with E-state index < -0.39 is 0 Å². The minimum absolute atomic E-state index is 0.0922. The lowest BCUT2D eigenvalue weighted by Crippen LogP contribution is -2.25. The second-order valence-corrected chi connectivity index (χ2v) is 6.28. The van der Waals surface area contributed by atoms with Gasteiger partial charge in [0.05, 0.1) is 29.1 Å². The van der Waals surface area contributed by atoms with Crippen LogP contribution in [0.25, 0.3) is 11.0 Å². The molecular weight excluding hydrogens is 272 g/mol. The third kappa shape index (κ3) is 2.57. The van der Waals surface area contributed by atoms with E-state index in [1.165, 1.54) is 23.9 Å². The Labute approximate surface area is 124 Å². The highest BCUT2D eigenvalue weighted by Gasteiger charge is 2.21. The molecule has 0 radical (unpaired) electrons. The Morgan fingerprint density at radius 2 is 2.30 bits per heavy atom. The fraction of sp³-hybridized carbons (Fsp3) is 0.562. The summed E-state index contributed by atoms with van der Waals surface area (Å²) in [7, 11) is 0. The predicted octanol–water partition coefficient (Wildman–Crippen LogP) is 4.21. The van der Waals surface area contributed by atoms with Crippen molar-refractivity contribution in [3.63, 3.8) is 0 Å². The molecule has 2 heterocycles. The molecule has 3 nitrogen and oxygen atoms in total. The third-order valence-electron chi connectivity index (χ3n) is 4.03. The number of aromatic nitrogens is 2. The molecule has 0 bridgehead atoms. The molecule has 2 unspecified atom stereocenters. The van der Waals surface area contributed by atoms with E-state index in [4.69, 9.17) is 21.3 Å². The first-order chi connectivity index (χ1) is 9.66. The van der Waals surface area contributed by atoms with Crippen LogP contribution in [0.15, 0.2) is 18.2 Å². The second kappa shape index (κ2) is 5.74. The van der Waals surface area contributed by atoms with Crippen molar-refractivity contribution in [3.8, 4) is 0 Å². The zero-order valence-corrected chi connectivity index (χ0v) is 12.9. The number of hydrogen-bond acceptors (Lipinski definition) is 2. The maximum Gasteiger partial charge on any atom is 0.127 e. The van der Waals surface area contributed by atoms with Crippen molar-refractivity contribution >= 4 is 22.6 Å². The summed E-state index contributed by atoms with van der Waals surface area (Å²) in [6, 6.07) is 6.31. The Morgan fingerprint density at radius 1 is 1.45 bits per heavy atom. The number of fused-ring (bicyclic) bond motifs is 1. The molecule has 3 rings (SSSR count). The number of benzene rings is 1. The zero-order valence-electron chi connectivity index (χ0n) is 12.1. The van der Waals surface area contributed by atoms with Gasteiger partial charge in [-0.3, -0.25) is 0 Å². The number of hydrogen-bond donors (Lipinski definition) is 0. The molecule has 0 aliphatic carbocycles. The van der Waals surface area contributed by atoms with Crippen molar-refractivity contribution in [2.75, 3.05) is 6.61 Å². The maximum atomic E-state index is 6.33. The second-order valence-electron chi connectivity index (χ2n) is 5.63. The Kier molecular flexibility index (Phi) is 3.99. The molecule has 1 aromatic heterocycles. The Hall–Kier alpha value is -1.06. The van der Waals surface area contributed by atoms with E-state index in [-0.39, 0.29) is 11.5 Å². The van der Waals surface area contributed by atoms with Crippen molar-refractivity contribution in [2.45, 2.75) is 51.1 Å². The highest BCUT2D eigenvalue weighted by atomic mass is 35.5. The van der Waals surface area contributed by atoms with Crippen LogP contribution < -0.4 is 0 Å². The largest absolute Gasteiger partial charge is 0.376 e. The van der Waals surface area contributed by atoms with Crippen LogP contribution in [-0.4, -0.2) is 22.3 Å². The summed E-state index contributed by atoms with van der Waals surface area (Å²) in [6.45, 7) is 5.81. The van der Waals surface area contributed by atoms with Gasteiger partial charge in [0.25, 0.3) is 0 Å². The molecule has 2 atom stereocenters. The van der Waals surface area contributed by atoms with Crippen LogP contribution in [-0.2, 0) is 11.3 Å². The Balaban J connectivity index is 2.02. The summed E-state index contributed by atoms with van der Waals surface area (Å²) in [5, 5.41) is -0.0922. The van der Waals surface area contributed by atoms with Gasteiger partial charge in [-0.05, 0) is 44.7 Å². The molecule has 2 aromatic rings. The number of imidazole rings is 1. The third-order valence-corrected chi connectivity index (χ3v) is 4.22. The lowest BCUT2D eigenvalue weighted by molar-refractivity contribution is 0.00619. The average Bonchev–Trinajstić information content (AvgIpc) is 2.81. The van der Waals surface area contributed by atoms with Gasteiger partial charge in [0.2, 0.25) is 0 Å².